The summed E-state index contributed by atoms with van der Waals surface area (Å²) in [5.74, 6) is 0. The SMILES string of the molecule is CC(C)(CNCc1ccnc2ccccc12)c1cccs1. The Hall–Kier alpha value is -1.71. The number of pyridine rings is 1. The predicted molar refractivity (Wildman–Crippen MR) is 90.8 cm³/mol. The van der Waals surface area contributed by atoms with E-state index in [1.165, 1.54) is 15.8 Å². The molecule has 108 valence electrons. The summed E-state index contributed by atoms with van der Waals surface area (Å²) >= 11 is 1.83. The Morgan fingerprint density at radius 2 is 1.95 bits per heavy atom. The highest BCUT2D eigenvalue weighted by Gasteiger charge is 2.21. The number of hydrogen-bond donors (Lipinski definition) is 1. The molecule has 3 heteroatoms. The lowest BCUT2D eigenvalue weighted by atomic mass is 9.91. The number of aromatic nitrogens is 1. The minimum absolute atomic E-state index is 0.164. The summed E-state index contributed by atoms with van der Waals surface area (Å²) in [5, 5.41) is 6.98. The van der Waals surface area contributed by atoms with Gasteiger partial charge in [-0.05, 0) is 29.1 Å². The standard InChI is InChI=1S/C18H20N2S/c1-18(2,17-8-5-11-21-17)13-19-12-14-9-10-20-16-7-4-3-6-15(14)16/h3-11,19H,12-13H2,1-2H3. The molecule has 0 saturated carbocycles. The van der Waals surface area contributed by atoms with Gasteiger partial charge in [0.15, 0.2) is 0 Å². The van der Waals surface area contributed by atoms with Crippen molar-refractivity contribution in [2.75, 3.05) is 6.54 Å². The normalized spacial score (nSPS) is 11.9. The molecule has 21 heavy (non-hydrogen) atoms. The van der Waals surface area contributed by atoms with Crippen molar-refractivity contribution in [3.63, 3.8) is 0 Å². The van der Waals surface area contributed by atoms with E-state index in [1.807, 2.05) is 23.6 Å². The van der Waals surface area contributed by atoms with Crippen LogP contribution in [-0.4, -0.2) is 11.5 Å². The molecule has 0 atom stereocenters. The van der Waals surface area contributed by atoms with Gasteiger partial charge in [-0.2, -0.15) is 0 Å². The molecule has 0 aliphatic heterocycles. The zero-order valence-corrected chi connectivity index (χ0v) is 13.3. The smallest absolute Gasteiger partial charge is 0.0705 e. The Kier molecular flexibility index (Phi) is 4.04. The van der Waals surface area contributed by atoms with Crippen LogP contribution >= 0.6 is 11.3 Å². The second-order valence-electron chi connectivity index (χ2n) is 5.95. The maximum absolute atomic E-state index is 4.41. The number of benzene rings is 1. The lowest BCUT2D eigenvalue weighted by Gasteiger charge is -2.24. The second kappa shape index (κ2) is 5.96. The van der Waals surface area contributed by atoms with E-state index in [4.69, 9.17) is 0 Å². The summed E-state index contributed by atoms with van der Waals surface area (Å²) in [7, 11) is 0. The highest BCUT2D eigenvalue weighted by molar-refractivity contribution is 7.10. The molecule has 1 N–H and O–H groups in total. The fraction of sp³-hybridized carbons (Fsp3) is 0.278. The molecular weight excluding hydrogens is 276 g/mol. The van der Waals surface area contributed by atoms with Crippen LogP contribution in [0.15, 0.2) is 54.0 Å². The Balaban J connectivity index is 1.70. The number of rotatable bonds is 5. The van der Waals surface area contributed by atoms with Gasteiger partial charge in [0.2, 0.25) is 0 Å². The third kappa shape index (κ3) is 3.14. The van der Waals surface area contributed by atoms with E-state index in [1.54, 1.807) is 0 Å². The average Bonchev–Trinajstić information content (AvgIpc) is 3.02. The highest BCUT2D eigenvalue weighted by Crippen LogP contribution is 2.26. The zero-order valence-electron chi connectivity index (χ0n) is 12.5. The van der Waals surface area contributed by atoms with Crippen molar-refractivity contribution in [1.82, 2.24) is 10.3 Å². The monoisotopic (exact) mass is 296 g/mol. The van der Waals surface area contributed by atoms with Crippen LogP contribution in [0.4, 0.5) is 0 Å². The zero-order chi connectivity index (χ0) is 14.7. The van der Waals surface area contributed by atoms with E-state index < -0.39 is 0 Å². The van der Waals surface area contributed by atoms with Crippen molar-refractivity contribution >= 4 is 22.2 Å². The molecule has 3 rings (SSSR count). The number of nitrogens with one attached hydrogen (secondary N) is 1. The fourth-order valence-electron chi connectivity index (χ4n) is 2.57. The van der Waals surface area contributed by atoms with Gasteiger partial charge >= 0.3 is 0 Å². The Bertz CT molecular complexity index is 712. The van der Waals surface area contributed by atoms with Gasteiger partial charge in [0.25, 0.3) is 0 Å². The summed E-state index contributed by atoms with van der Waals surface area (Å²) in [6, 6.07) is 14.8. The molecule has 0 spiro atoms. The number of hydrogen-bond acceptors (Lipinski definition) is 3. The van der Waals surface area contributed by atoms with E-state index in [0.717, 1.165) is 18.6 Å². The number of nitrogens with zero attached hydrogens (tertiary/aromatic N) is 1. The summed E-state index contributed by atoms with van der Waals surface area (Å²) < 4.78 is 0. The predicted octanol–water partition coefficient (Wildman–Crippen LogP) is 4.36. The van der Waals surface area contributed by atoms with Crippen molar-refractivity contribution in [2.45, 2.75) is 25.8 Å². The van der Waals surface area contributed by atoms with Crippen molar-refractivity contribution in [2.24, 2.45) is 0 Å². The first-order valence-electron chi connectivity index (χ1n) is 7.24. The molecule has 2 nitrogen and oxygen atoms in total. The van der Waals surface area contributed by atoms with Crippen LogP contribution in [-0.2, 0) is 12.0 Å². The number of para-hydroxylation sites is 1. The second-order valence-corrected chi connectivity index (χ2v) is 6.90. The summed E-state index contributed by atoms with van der Waals surface area (Å²) in [5.41, 5.74) is 2.54. The molecule has 0 saturated heterocycles. The maximum Gasteiger partial charge on any atom is 0.0705 e. The van der Waals surface area contributed by atoms with Gasteiger partial charge < -0.3 is 5.32 Å². The minimum Gasteiger partial charge on any atom is -0.312 e. The molecule has 3 aromatic rings. The quantitative estimate of drug-likeness (QED) is 0.756. The molecule has 0 aliphatic rings. The van der Waals surface area contributed by atoms with E-state index in [0.29, 0.717) is 0 Å². The van der Waals surface area contributed by atoms with Crippen molar-refractivity contribution in [3.05, 3.63) is 64.5 Å². The molecule has 0 radical (unpaired) electrons. The van der Waals surface area contributed by atoms with Crippen LogP contribution in [0.2, 0.25) is 0 Å². The first-order valence-corrected chi connectivity index (χ1v) is 8.12. The van der Waals surface area contributed by atoms with Gasteiger partial charge in [0.05, 0.1) is 5.52 Å². The maximum atomic E-state index is 4.41. The van der Waals surface area contributed by atoms with Gasteiger partial charge in [-0.15, -0.1) is 11.3 Å². The van der Waals surface area contributed by atoms with Crippen LogP contribution in [0, 0.1) is 0 Å². The van der Waals surface area contributed by atoms with Crippen LogP contribution in [0.5, 0.6) is 0 Å². The van der Waals surface area contributed by atoms with E-state index in [2.05, 4.69) is 65.9 Å². The molecular formula is C18H20N2S. The van der Waals surface area contributed by atoms with Gasteiger partial charge in [0, 0.05) is 35.0 Å². The van der Waals surface area contributed by atoms with Crippen molar-refractivity contribution < 1.29 is 0 Å². The Morgan fingerprint density at radius 3 is 2.76 bits per heavy atom. The Labute approximate surface area is 129 Å². The summed E-state index contributed by atoms with van der Waals surface area (Å²) in [6.07, 6.45) is 1.89. The molecule has 2 heterocycles. The van der Waals surface area contributed by atoms with Crippen LogP contribution in [0.3, 0.4) is 0 Å². The van der Waals surface area contributed by atoms with Crippen LogP contribution in [0.1, 0.15) is 24.3 Å². The first kappa shape index (κ1) is 14.2. The molecule has 0 aliphatic carbocycles. The first-order chi connectivity index (χ1) is 10.2. The largest absolute Gasteiger partial charge is 0.312 e. The average molecular weight is 296 g/mol. The van der Waals surface area contributed by atoms with Gasteiger partial charge in [-0.3, -0.25) is 4.98 Å². The lowest BCUT2D eigenvalue weighted by molar-refractivity contribution is 0.477. The van der Waals surface area contributed by atoms with Crippen molar-refractivity contribution in [1.29, 1.82) is 0 Å². The van der Waals surface area contributed by atoms with Crippen LogP contribution < -0.4 is 5.32 Å². The van der Waals surface area contributed by atoms with E-state index >= 15 is 0 Å². The Morgan fingerprint density at radius 1 is 1.10 bits per heavy atom. The van der Waals surface area contributed by atoms with Crippen LogP contribution in [0.25, 0.3) is 10.9 Å². The van der Waals surface area contributed by atoms with Gasteiger partial charge in [-0.25, -0.2) is 0 Å². The lowest BCUT2D eigenvalue weighted by Crippen LogP contribution is -2.31. The highest BCUT2D eigenvalue weighted by atomic mass is 32.1. The summed E-state index contributed by atoms with van der Waals surface area (Å²) in [4.78, 5) is 5.84. The third-order valence-electron chi connectivity index (χ3n) is 3.81. The number of fused-ring (bicyclic) bond motifs is 1. The molecule has 2 aromatic heterocycles. The van der Waals surface area contributed by atoms with E-state index in [9.17, 15) is 0 Å². The van der Waals surface area contributed by atoms with E-state index in [-0.39, 0.29) is 5.41 Å². The molecule has 0 unspecified atom stereocenters. The summed E-state index contributed by atoms with van der Waals surface area (Å²) in [6.45, 7) is 6.41. The topological polar surface area (TPSA) is 24.9 Å². The fourth-order valence-corrected chi connectivity index (χ4v) is 3.42. The molecule has 0 amide bonds. The molecule has 0 fully saturated rings. The molecule has 0 bridgehead atoms. The third-order valence-corrected chi connectivity index (χ3v) is 5.05. The van der Waals surface area contributed by atoms with Gasteiger partial charge in [-0.1, -0.05) is 38.1 Å². The number of thiophene rings is 1. The van der Waals surface area contributed by atoms with Crippen molar-refractivity contribution in [3.8, 4) is 0 Å². The minimum atomic E-state index is 0.164. The van der Waals surface area contributed by atoms with Gasteiger partial charge in [0.1, 0.15) is 0 Å². The molecule has 1 aromatic carbocycles.